The monoisotopic (exact) mass is 275 g/mol. The Bertz CT molecular complexity index is 415. The van der Waals surface area contributed by atoms with Gasteiger partial charge in [-0.2, -0.15) is 0 Å². The van der Waals surface area contributed by atoms with Crippen molar-refractivity contribution < 1.29 is 18.3 Å². The van der Waals surface area contributed by atoms with Crippen molar-refractivity contribution in [1.82, 2.24) is 4.72 Å². The second kappa shape index (κ2) is 10.7. The van der Waals surface area contributed by atoms with Crippen molar-refractivity contribution in [2.45, 2.75) is 20.3 Å². The molecule has 0 heterocycles. The molecule has 0 aliphatic carbocycles. The molecule has 0 aromatic heterocycles. The van der Waals surface area contributed by atoms with E-state index in [0.29, 0.717) is 0 Å². The first kappa shape index (κ1) is 19.0. The summed E-state index contributed by atoms with van der Waals surface area (Å²) in [6.07, 6.45) is 1.22. The van der Waals surface area contributed by atoms with Gasteiger partial charge in [0.15, 0.2) is 0 Å². The minimum atomic E-state index is -2.91. The predicted octanol–water partition coefficient (Wildman–Crippen LogP) is 1.51. The van der Waals surface area contributed by atoms with Crippen LogP contribution >= 0.6 is 0 Å². The summed E-state index contributed by atoms with van der Waals surface area (Å²) in [5.41, 5.74) is 0.843. The lowest BCUT2D eigenvalue weighted by molar-refractivity contribution is -0.136. The van der Waals surface area contributed by atoms with Crippen LogP contribution in [0.1, 0.15) is 19.4 Å². The van der Waals surface area contributed by atoms with Crippen molar-refractivity contribution >= 4 is 16.0 Å². The van der Waals surface area contributed by atoms with E-state index in [1.54, 1.807) is 12.1 Å². The third kappa shape index (κ3) is 14.6. The van der Waals surface area contributed by atoms with Crippen molar-refractivity contribution in [3.63, 3.8) is 0 Å². The molecule has 0 fully saturated rings. The molecule has 6 heteroatoms. The zero-order valence-electron chi connectivity index (χ0n) is 11.2. The van der Waals surface area contributed by atoms with Gasteiger partial charge < -0.3 is 5.11 Å². The molecule has 0 aliphatic rings. The number of carbonyl (C=O) groups is 1. The van der Waals surface area contributed by atoms with Crippen LogP contribution in [-0.2, 0) is 21.2 Å². The number of hydrogen-bond acceptors (Lipinski definition) is 3. The highest BCUT2D eigenvalue weighted by Gasteiger charge is 1.96. The van der Waals surface area contributed by atoms with Gasteiger partial charge in [0.25, 0.3) is 0 Å². The molecule has 104 valence electrons. The highest BCUT2D eigenvalue weighted by atomic mass is 32.2. The fourth-order valence-electron chi connectivity index (χ4n) is 0.770. The van der Waals surface area contributed by atoms with E-state index < -0.39 is 16.0 Å². The van der Waals surface area contributed by atoms with Crippen LogP contribution in [0.5, 0.6) is 0 Å². The van der Waals surface area contributed by atoms with Gasteiger partial charge in [-0.05, 0) is 12.6 Å². The SMILES string of the molecule is CC.CNS(C)(=O)=O.O=C(O)Cc1ccccc1. The lowest BCUT2D eigenvalue weighted by Crippen LogP contribution is -2.15. The largest absolute Gasteiger partial charge is 0.481 e. The summed E-state index contributed by atoms with van der Waals surface area (Å²) in [4.78, 5) is 10.2. The second-order valence-electron chi connectivity index (χ2n) is 3.03. The lowest BCUT2D eigenvalue weighted by atomic mass is 10.2. The number of carboxylic acids is 1. The number of carboxylic acid groups (broad SMARTS) is 1. The van der Waals surface area contributed by atoms with Gasteiger partial charge >= 0.3 is 5.97 Å². The molecule has 0 atom stereocenters. The number of benzene rings is 1. The van der Waals surface area contributed by atoms with E-state index in [-0.39, 0.29) is 6.42 Å². The normalized spacial score (nSPS) is 9.33. The molecule has 0 radical (unpaired) electrons. The highest BCUT2D eigenvalue weighted by Crippen LogP contribution is 1.98. The van der Waals surface area contributed by atoms with Crippen molar-refractivity contribution in [3.8, 4) is 0 Å². The lowest BCUT2D eigenvalue weighted by Gasteiger charge is -1.92. The summed E-state index contributed by atoms with van der Waals surface area (Å²) in [6, 6.07) is 9.13. The summed E-state index contributed by atoms with van der Waals surface area (Å²) >= 11 is 0. The van der Waals surface area contributed by atoms with Gasteiger partial charge in [-0.3, -0.25) is 4.79 Å². The highest BCUT2D eigenvalue weighted by molar-refractivity contribution is 7.88. The van der Waals surface area contributed by atoms with Gasteiger partial charge in [-0.25, -0.2) is 13.1 Å². The molecule has 1 aromatic carbocycles. The Morgan fingerprint density at radius 3 is 1.89 bits per heavy atom. The van der Waals surface area contributed by atoms with Gasteiger partial charge in [-0.1, -0.05) is 44.2 Å². The maximum atomic E-state index is 10.2. The Balaban J connectivity index is 0. The van der Waals surface area contributed by atoms with Gasteiger partial charge in [0, 0.05) is 0 Å². The van der Waals surface area contributed by atoms with Crippen LogP contribution in [0, 0.1) is 0 Å². The summed E-state index contributed by atoms with van der Waals surface area (Å²) in [7, 11) is -1.54. The van der Waals surface area contributed by atoms with E-state index in [1.807, 2.05) is 32.0 Å². The number of sulfonamides is 1. The zero-order valence-corrected chi connectivity index (χ0v) is 12.0. The number of hydrogen-bond donors (Lipinski definition) is 2. The van der Waals surface area contributed by atoms with Crippen molar-refractivity contribution in [2.75, 3.05) is 13.3 Å². The Morgan fingerprint density at radius 2 is 1.61 bits per heavy atom. The van der Waals surface area contributed by atoms with Gasteiger partial charge in [0.05, 0.1) is 12.7 Å². The zero-order chi connectivity index (χ0) is 14.6. The summed E-state index contributed by atoms with van der Waals surface area (Å²) < 4.78 is 21.9. The van der Waals surface area contributed by atoms with Gasteiger partial charge in [-0.15, -0.1) is 0 Å². The minimum Gasteiger partial charge on any atom is -0.481 e. The summed E-state index contributed by atoms with van der Waals surface area (Å²) in [5.74, 6) is -0.786. The van der Waals surface area contributed by atoms with E-state index in [2.05, 4.69) is 4.72 Å². The van der Waals surface area contributed by atoms with Crippen LogP contribution in [0.4, 0.5) is 0 Å². The molecule has 2 N–H and O–H groups in total. The van der Waals surface area contributed by atoms with E-state index in [0.717, 1.165) is 11.8 Å². The quantitative estimate of drug-likeness (QED) is 0.875. The van der Waals surface area contributed by atoms with Crippen molar-refractivity contribution in [3.05, 3.63) is 35.9 Å². The van der Waals surface area contributed by atoms with Gasteiger partial charge in [0.1, 0.15) is 0 Å². The van der Waals surface area contributed by atoms with E-state index in [1.165, 1.54) is 7.05 Å². The fourth-order valence-corrected chi connectivity index (χ4v) is 0.770. The first-order chi connectivity index (χ1) is 8.35. The smallest absolute Gasteiger partial charge is 0.307 e. The number of rotatable bonds is 3. The molecule has 1 aromatic rings. The van der Waals surface area contributed by atoms with Crippen molar-refractivity contribution in [1.29, 1.82) is 0 Å². The molecule has 0 saturated carbocycles. The molecule has 1 rings (SSSR count). The van der Waals surface area contributed by atoms with Crippen LogP contribution < -0.4 is 4.72 Å². The molecular formula is C12H21NO4S. The molecule has 0 saturated heterocycles. The topological polar surface area (TPSA) is 83.5 Å². The summed E-state index contributed by atoms with van der Waals surface area (Å²) in [5, 5.41) is 8.37. The summed E-state index contributed by atoms with van der Waals surface area (Å²) in [6.45, 7) is 4.00. The third-order valence-corrected chi connectivity index (χ3v) is 2.31. The Morgan fingerprint density at radius 1 is 1.22 bits per heavy atom. The molecule has 0 spiro atoms. The van der Waals surface area contributed by atoms with Crippen LogP contribution in [0.25, 0.3) is 0 Å². The average molecular weight is 275 g/mol. The Hall–Kier alpha value is -1.40. The van der Waals surface area contributed by atoms with Crippen LogP contribution in [0.3, 0.4) is 0 Å². The second-order valence-corrected chi connectivity index (χ2v) is 4.98. The fraction of sp³-hybridized carbons (Fsp3) is 0.417. The molecule has 0 aliphatic heterocycles. The number of nitrogens with one attached hydrogen (secondary N) is 1. The van der Waals surface area contributed by atoms with E-state index in [4.69, 9.17) is 5.11 Å². The molecule has 0 unspecified atom stereocenters. The predicted molar refractivity (Wildman–Crippen MR) is 73.0 cm³/mol. The van der Waals surface area contributed by atoms with Crippen LogP contribution in [0.2, 0.25) is 0 Å². The molecule has 5 nitrogen and oxygen atoms in total. The standard InChI is InChI=1S/C8H8O2.C2H7NO2S.C2H6/c9-8(10)6-7-4-2-1-3-5-7;1-3-6(2,4)5;1-2/h1-5H,6H2,(H,9,10);3H,1-2H3;1-2H3. The minimum absolute atomic E-state index is 0.112. The first-order valence-electron chi connectivity index (χ1n) is 5.49. The number of aliphatic carboxylic acids is 1. The molecule has 18 heavy (non-hydrogen) atoms. The van der Waals surface area contributed by atoms with Crippen molar-refractivity contribution in [2.24, 2.45) is 0 Å². The van der Waals surface area contributed by atoms with Crippen LogP contribution in [-0.4, -0.2) is 32.8 Å². The average Bonchev–Trinajstić information content (AvgIpc) is 2.32. The molecular weight excluding hydrogens is 254 g/mol. The van der Waals surface area contributed by atoms with E-state index in [9.17, 15) is 13.2 Å². The maximum Gasteiger partial charge on any atom is 0.307 e. The Kier molecular flexibility index (Phi) is 11.3. The van der Waals surface area contributed by atoms with Gasteiger partial charge in [0.2, 0.25) is 10.0 Å². The Labute approximate surface area is 109 Å². The molecule has 0 bridgehead atoms. The van der Waals surface area contributed by atoms with E-state index >= 15 is 0 Å². The maximum absolute atomic E-state index is 10.2. The third-order valence-electron chi connectivity index (χ3n) is 1.57. The van der Waals surface area contributed by atoms with Crippen LogP contribution in [0.15, 0.2) is 30.3 Å². The first-order valence-corrected chi connectivity index (χ1v) is 7.38. The molecule has 0 amide bonds.